The minimum atomic E-state index is -0.270. The fourth-order valence-corrected chi connectivity index (χ4v) is 3.77. The Morgan fingerprint density at radius 2 is 2.11 bits per heavy atom. The van der Waals surface area contributed by atoms with E-state index in [0.29, 0.717) is 33.2 Å². The van der Waals surface area contributed by atoms with Gasteiger partial charge in [-0.25, -0.2) is 9.97 Å². The number of hydrogen-bond donors (Lipinski definition) is 1. The maximum absolute atomic E-state index is 13.0. The second-order valence-corrected chi connectivity index (χ2v) is 7.51. The Kier molecular flexibility index (Phi) is 4.27. The number of carbonyl (C=O) groups excluding carboxylic acids is 1. The van der Waals surface area contributed by atoms with Crippen LogP contribution < -0.4 is 10.1 Å². The molecule has 1 amide bonds. The molecule has 3 aromatic heterocycles. The Hall–Kier alpha value is -3.00. The second-order valence-electron chi connectivity index (χ2n) is 6.48. The van der Waals surface area contributed by atoms with E-state index >= 15 is 0 Å². The molecule has 0 aliphatic rings. The predicted molar refractivity (Wildman–Crippen MR) is 105 cm³/mol. The minimum absolute atomic E-state index is 0.151. The van der Waals surface area contributed by atoms with Crippen molar-refractivity contribution >= 4 is 43.7 Å². The van der Waals surface area contributed by atoms with Crippen molar-refractivity contribution in [3.8, 4) is 5.75 Å². The van der Waals surface area contributed by atoms with Crippen LogP contribution in [-0.2, 0) is 0 Å². The lowest BCUT2D eigenvalue weighted by molar-refractivity contribution is 0.102. The van der Waals surface area contributed by atoms with E-state index in [1.807, 2.05) is 32.0 Å². The van der Waals surface area contributed by atoms with Gasteiger partial charge < -0.3 is 9.26 Å². The van der Waals surface area contributed by atoms with E-state index in [1.165, 1.54) is 11.3 Å². The lowest BCUT2D eigenvalue weighted by Gasteiger charge is -2.08. The van der Waals surface area contributed by atoms with Gasteiger partial charge in [-0.15, -0.1) is 0 Å². The van der Waals surface area contributed by atoms with E-state index in [4.69, 9.17) is 9.26 Å². The van der Waals surface area contributed by atoms with Crippen molar-refractivity contribution in [2.45, 2.75) is 26.7 Å². The topological polar surface area (TPSA) is 90.1 Å². The summed E-state index contributed by atoms with van der Waals surface area (Å²) in [5.74, 6) is 0.555. The molecule has 8 heteroatoms. The molecule has 0 saturated carbocycles. The van der Waals surface area contributed by atoms with Gasteiger partial charge in [0.05, 0.1) is 28.5 Å². The lowest BCUT2D eigenvalue weighted by Crippen LogP contribution is -2.13. The van der Waals surface area contributed by atoms with E-state index < -0.39 is 0 Å². The maximum Gasteiger partial charge on any atom is 0.259 e. The highest BCUT2D eigenvalue weighted by molar-refractivity contribution is 7.22. The number of anilines is 1. The molecule has 27 heavy (non-hydrogen) atoms. The zero-order valence-corrected chi connectivity index (χ0v) is 16.2. The SMILES string of the molecule is COc1cccc2sc(NC(=O)c3cc(C(C)C)nc4onc(C)c34)nc12. The average Bonchev–Trinajstić information content (AvgIpc) is 3.23. The number of hydrogen-bond acceptors (Lipinski definition) is 7. The maximum atomic E-state index is 13.0. The first kappa shape index (κ1) is 17.4. The van der Waals surface area contributed by atoms with Gasteiger partial charge in [-0.3, -0.25) is 10.1 Å². The first-order chi connectivity index (χ1) is 13.0. The number of pyridine rings is 1. The quantitative estimate of drug-likeness (QED) is 0.558. The number of ether oxygens (including phenoxy) is 1. The van der Waals surface area contributed by atoms with Crippen molar-refractivity contribution in [3.63, 3.8) is 0 Å². The smallest absolute Gasteiger partial charge is 0.259 e. The molecule has 0 aliphatic heterocycles. The van der Waals surface area contributed by atoms with Crippen LogP contribution in [0, 0.1) is 6.92 Å². The standard InChI is InChI=1S/C19H18N4O3S/c1-9(2)12-8-11(15-10(3)23-26-18(15)20-12)17(24)22-19-21-16-13(25-4)6-5-7-14(16)27-19/h5-9H,1-4H3,(H,21,22,24). The summed E-state index contributed by atoms with van der Waals surface area (Å²) in [5.41, 5.74) is 2.98. The monoisotopic (exact) mass is 382 g/mol. The van der Waals surface area contributed by atoms with Crippen LogP contribution in [0.5, 0.6) is 5.75 Å². The summed E-state index contributed by atoms with van der Waals surface area (Å²) < 4.78 is 11.6. The average molecular weight is 382 g/mol. The van der Waals surface area contributed by atoms with Gasteiger partial charge in [-0.1, -0.05) is 36.4 Å². The summed E-state index contributed by atoms with van der Waals surface area (Å²) in [5, 5.41) is 7.97. The second kappa shape index (κ2) is 6.62. The Morgan fingerprint density at radius 1 is 1.30 bits per heavy atom. The third-order valence-electron chi connectivity index (χ3n) is 4.30. The number of carbonyl (C=O) groups is 1. The van der Waals surface area contributed by atoms with Crippen LogP contribution >= 0.6 is 11.3 Å². The van der Waals surface area contributed by atoms with Crippen LogP contribution in [0.3, 0.4) is 0 Å². The molecule has 0 unspecified atom stereocenters. The lowest BCUT2D eigenvalue weighted by atomic mass is 10.0. The molecule has 138 valence electrons. The van der Waals surface area contributed by atoms with Crippen LogP contribution in [0.1, 0.15) is 41.5 Å². The fraction of sp³-hybridized carbons (Fsp3) is 0.263. The molecule has 3 heterocycles. The molecule has 0 bridgehead atoms. The summed E-state index contributed by atoms with van der Waals surface area (Å²) in [7, 11) is 1.60. The Bertz CT molecular complexity index is 1160. The zero-order valence-electron chi connectivity index (χ0n) is 15.4. The fourth-order valence-electron chi connectivity index (χ4n) is 2.89. The minimum Gasteiger partial charge on any atom is -0.494 e. The number of nitrogens with zero attached hydrogens (tertiary/aromatic N) is 3. The van der Waals surface area contributed by atoms with E-state index in [0.717, 1.165) is 15.9 Å². The highest BCUT2D eigenvalue weighted by Crippen LogP contribution is 2.33. The van der Waals surface area contributed by atoms with Gasteiger partial charge in [-0.05, 0) is 31.0 Å². The van der Waals surface area contributed by atoms with Crippen molar-refractivity contribution in [1.82, 2.24) is 15.1 Å². The van der Waals surface area contributed by atoms with Crippen LogP contribution in [0.2, 0.25) is 0 Å². The van der Waals surface area contributed by atoms with Crippen LogP contribution in [-0.4, -0.2) is 28.1 Å². The molecule has 0 radical (unpaired) electrons. The third-order valence-corrected chi connectivity index (χ3v) is 5.23. The van der Waals surface area contributed by atoms with Gasteiger partial charge in [0.2, 0.25) is 0 Å². The number of benzene rings is 1. The van der Waals surface area contributed by atoms with E-state index in [2.05, 4.69) is 20.4 Å². The number of nitrogens with one attached hydrogen (secondary N) is 1. The van der Waals surface area contributed by atoms with Crippen molar-refractivity contribution < 1.29 is 14.1 Å². The van der Waals surface area contributed by atoms with E-state index in [-0.39, 0.29) is 11.8 Å². The molecule has 0 saturated heterocycles. The molecule has 4 aromatic rings. The van der Waals surface area contributed by atoms with Gasteiger partial charge in [0.1, 0.15) is 11.3 Å². The van der Waals surface area contributed by atoms with Gasteiger partial charge >= 0.3 is 0 Å². The van der Waals surface area contributed by atoms with Crippen LogP contribution in [0.15, 0.2) is 28.8 Å². The summed E-state index contributed by atoms with van der Waals surface area (Å²) in [6.45, 7) is 5.82. The Labute approximate surface area is 159 Å². The third kappa shape index (κ3) is 3.02. The highest BCUT2D eigenvalue weighted by atomic mass is 32.1. The summed E-state index contributed by atoms with van der Waals surface area (Å²) in [6, 6.07) is 7.47. The van der Waals surface area contributed by atoms with Crippen molar-refractivity contribution in [1.29, 1.82) is 0 Å². The number of rotatable bonds is 4. The molecule has 0 atom stereocenters. The van der Waals surface area contributed by atoms with Crippen LogP contribution in [0.25, 0.3) is 21.3 Å². The number of aromatic nitrogens is 3. The predicted octanol–water partition coefficient (Wildman–Crippen LogP) is 4.53. The Morgan fingerprint density at radius 3 is 2.85 bits per heavy atom. The van der Waals surface area contributed by atoms with E-state index in [1.54, 1.807) is 20.1 Å². The first-order valence-corrected chi connectivity index (χ1v) is 9.31. The van der Waals surface area contributed by atoms with Gasteiger partial charge in [0.25, 0.3) is 11.6 Å². The first-order valence-electron chi connectivity index (χ1n) is 8.49. The van der Waals surface area contributed by atoms with Crippen molar-refractivity contribution in [2.75, 3.05) is 12.4 Å². The summed E-state index contributed by atoms with van der Waals surface area (Å²) >= 11 is 1.39. The molecule has 1 N–H and O–H groups in total. The Balaban J connectivity index is 1.76. The molecule has 4 rings (SSSR count). The number of aryl methyl sites for hydroxylation is 1. The zero-order chi connectivity index (χ0) is 19.1. The van der Waals surface area contributed by atoms with E-state index in [9.17, 15) is 4.79 Å². The van der Waals surface area contributed by atoms with Crippen molar-refractivity contribution in [2.24, 2.45) is 0 Å². The number of fused-ring (bicyclic) bond motifs is 2. The number of methoxy groups -OCH3 is 1. The normalized spacial score (nSPS) is 11.4. The number of para-hydroxylation sites is 1. The van der Waals surface area contributed by atoms with Crippen LogP contribution in [0.4, 0.5) is 5.13 Å². The summed E-state index contributed by atoms with van der Waals surface area (Å²) in [6.07, 6.45) is 0. The number of amides is 1. The van der Waals surface area contributed by atoms with Gasteiger partial charge in [-0.2, -0.15) is 0 Å². The number of thiazole rings is 1. The highest BCUT2D eigenvalue weighted by Gasteiger charge is 2.21. The molecule has 0 aliphatic carbocycles. The largest absolute Gasteiger partial charge is 0.494 e. The molecular weight excluding hydrogens is 364 g/mol. The van der Waals surface area contributed by atoms with Crippen molar-refractivity contribution in [3.05, 3.63) is 41.2 Å². The summed E-state index contributed by atoms with van der Waals surface area (Å²) in [4.78, 5) is 22.0. The van der Waals surface area contributed by atoms with Gasteiger partial charge in [0.15, 0.2) is 5.13 Å². The molecular formula is C19H18N4O3S. The molecule has 1 aromatic carbocycles. The molecule has 0 fully saturated rings. The molecule has 0 spiro atoms. The van der Waals surface area contributed by atoms with Gasteiger partial charge in [0, 0.05) is 5.69 Å². The molecule has 7 nitrogen and oxygen atoms in total.